The second-order valence-corrected chi connectivity index (χ2v) is 10.6. The summed E-state index contributed by atoms with van der Waals surface area (Å²) < 4.78 is 33.6. The average Bonchev–Trinajstić information content (AvgIpc) is 3.70. The predicted octanol–water partition coefficient (Wildman–Crippen LogP) is 3.99. The van der Waals surface area contributed by atoms with Gasteiger partial charge in [-0.3, -0.25) is 0 Å². The highest BCUT2D eigenvalue weighted by Crippen LogP contribution is 2.48. The lowest BCUT2D eigenvalue weighted by Gasteiger charge is -2.46. The van der Waals surface area contributed by atoms with E-state index in [9.17, 15) is 0 Å². The molecule has 2 saturated heterocycles. The maximum Gasteiger partial charge on any atom is 0.104 e. The molecule has 4 fully saturated rings. The van der Waals surface area contributed by atoms with Crippen LogP contribution in [0.4, 0.5) is 0 Å². The molecule has 0 aromatic heterocycles. The molecular formula is C25H44O6. The van der Waals surface area contributed by atoms with Crippen LogP contribution in [0.3, 0.4) is 0 Å². The van der Waals surface area contributed by atoms with E-state index in [0.717, 1.165) is 51.5 Å². The van der Waals surface area contributed by atoms with Crippen LogP contribution in [0.25, 0.3) is 0 Å². The third-order valence-electron chi connectivity index (χ3n) is 8.03. The summed E-state index contributed by atoms with van der Waals surface area (Å²) in [6.07, 6.45) is 11.5. The standard InChI is InChI=1S/C25H44O6/c1-25(2,19-3-7-21(8-4-19)28-13-11-26-15-23-17-30-23)20-5-9-22(10-6-20)29-14-12-27-16-24-18-31-24/h19-24H,3-18H2,1-2H3. The summed E-state index contributed by atoms with van der Waals surface area (Å²) in [6, 6.07) is 0. The monoisotopic (exact) mass is 440 g/mol. The summed E-state index contributed by atoms with van der Waals surface area (Å²) in [5, 5.41) is 0. The Kier molecular flexibility index (Phi) is 9.06. The smallest absolute Gasteiger partial charge is 0.104 e. The van der Waals surface area contributed by atoms with Crippen molar-refractivity contribution >= 4 is 0 Å². The zero-order valence-corrected chi connectivity index (χ0v) is 19.7. The molecule has 0 aromatic rings. The van der Waals surface area contributed by atoms with E-state index in [-0.39, 0.29) is 0 Å². The van der Waals surface area contributed by atoms with E-state index in [4.69, 9.17) is 28.4 Å². The first-order valence-corrected chi connectivity index (χ1v) is 12.7. The van der Waals surface area contributed by atoms with Gasteiger partial charge in [-0.15, -0.1) is 0 Å². The highest BCUT2D eigenvalue weighted by atomic mass is 16.6. The number of hydrogen-bond donors (Lipinski definition) is 0. The quantitative estimate of drug-likeness (QED) is 0.301. The van der Waals surface area contributed by atoms with Crippen molar-refractivity contribution in [3.63, 3.8) is 0 Å². The van der Waals surface area contributed by atoms with E-state index in [2.05, 4.69) is 13.8 Å². The highest BCUT2D eigenvalue weighted by Gasteiger charge is 2.40. The number of hydrogen-bond acceptors (Lipinski definition) is 6. The van der Waals surface area contributed by atoms with Gasteiger partial charge in [-0.1, -0.05) is 13.8 Å². The number of epoxide rings is 2. The van der Waals surface area contributed by atoms with Gasteiger partial charge in [0.05, 0.1) is 65.1 Å². The fraction of sp³-hybridized carbons (Fsp3) is 1.00. The molecule has 2 aliphatic heterocycles. The molecule has 0 radical (unpaired) electrons. The van der Waals surface area contributed by atoms with Gasteiger partial charge in [0.25, 0.3) is 0 Å². The van der Waals surface area contributed by atoms with E-state index in [1.165, 1.54) is 51.4 Å². The van der Waals surface area contributed by atoms with E-state index in [1.54, 1.807) is 0 Å². The molecule has 2 atom stereocenters. The minimum atomic E-state index is 0.348. The van der Waals surface area contributed by atoms with Crippen LogP contribution in [0, 0.1) is 17.3 Å². The lowest BCUT2D eigenvalue weighted by Crippen LogP contribution is -2.39. The lowest BCUT2D eigenvalue weighted by atomic mass is 9.60. The van der Waals surface area contributed by atoms with Crippen LogP contribution in [-0.2, 0) is 28.4 Å². The summed E-state index contributed by atoms with van der Waals surface area (Å²) >= 11 is 0. The normalized spacial score (nSPS) is 35.8. The Morgan fingerprint density at radius 2 is 1.00 bits per heavy atom. The van der Waals surface area contributed by atoms with Crippen molar-refractivity contribution in [2.75, 3.05) is 52.9 Å². The van der Waals surface area contributed by atoms with Crippen LogP contribution in [0.1, 0.15) is 65.2 Å². The van der Waals surface area contributed by atoms with Gasteiger partial charge in [0.1, 0.15) is 12.2 Å². The van der Waals surface area contributed by atoms with Crippen LogP contribution in [0.5, 0.6) is 0 Å². The van der Waals surface area contributed by atoms with Crippen LogP contribution in [0.15, 0.2) is 0 Å². The molecule has 0 amide bonds. The zero-order chi connectivity index (χ0) is 21.5. The predicted molar refractivity (Wildman–Crippen MR) is 118 cm³/mol. The number of rotatable bonds is 14. The van der Waals surface area contributed by atoms with Gasteiger partial charge in [-0.05, 0) is 68.6 Å². The molecular weight excluding hydrogens is 396 g/mol. The minimum absolute atomic E-state index is 0.348. The topological polar surface area (TPSA) is 62.0 Å². The van der Waals surface area contributed by atoms with Crippen molar-refractivity contribution in [1.29, 1.82) is 0 Å². The van der Waals surface area contributed by atoms with Crippen molar-refractivity contribution in [3.05, 3.63) is 0 Å². The van der Waals surface area contributed by atoms with Crippen LogP contribution in [0.2, 0.25) is 0 Å². The molecule has 6 nitrogen and oxygen atoms in total. The van der Waals surface area contributed by atoms with Gasteiger partial charge in [0.15, 0.2) is 0 Å². The molecule has 0 spiro atoms. The SMILES string of the molecule is CC(C)(C1CCC(OCCOCC2CO2)CC1)C1CCC(OCCOCC2CO2)CC1. The van der Waals surface area contributed by atoms with E-state index < -0.39 is 0 Å². The van der Waals surface area contributed by atoms with E-state index >= 15 is 0 Å². The largest absolute Gasteiger partial charge is 0.376 e. The molecule has 0 N–H and O–H groups in total. The molecule has 2 unspecified atom stereocenters. The summed E-state index contributed by atoms with van der Waals surface area (Å²) in [6.45, 7) is 11.0. The molecule has 4 rings (SSSR count). The second-order valence-electron chi connectivity index (χ2n) is 10.6. The van der Waals surface area contributed by atoms with Crippen molar-refractivity contribution < 1.29 is 28.4 Å². The molecule has 2 saturated carbocycles. The summed E-state index contributed by atoms with van der Waals surface area (Å²) in [5.74, 6) is 1.63. The summed E-state index contributed by atoms with van der Waals surface area (Å²) in [5.41, 5.74) is 0.413. The van der Waals surface area contributed by atoms with Gasteiger partial charge in [-0.25, -0.2) is 0 Å². The Bertz CT molecular complexity index is 458. The van der Waals surface area contributed by atoms with Crippen LogP contribution < -0.4 is 0 Å². The highest BCUT2D eigenvalue weighted by molar-refractivity contribution is 4.91. The fourth-order valence-corrected chi connectivity index (χ4v) is 5.59. The van der Waals surface area contributed by atoms with Gasteiger partial charge in [0.2, 0.25) is 0 Å². The molecule has 0 bridgehead atoms. The summed E-state index contributed by atoms with van der Waals surface area (Å²) in [4.78, 5) is 0. The lowest BCUT2D eigenvalue weighted by molar-refractivity contribution is -0.0516. The van der Waals surface area contributed by atoms with Crippen LogP contribution >= 0.6 is 0 Å². The molecule has 31 heavy (non-hydrogen) atoms. The summed E-state index contributed by atoms with van der Waals surface area (Å²) in [7, 11) is 0. The van der Waals surface area contributed by atoms with E-state index in [1.807, 2.05) is 0 Å². The molecule has 2 heterocycles. The first-order chi connectivity index (χ1) is 15.1. The molecule has 2 aliphatic carbocycles. The molecule has 0 aromatic carbocycles. The van der Waals surface area contributed by atoms with Crippen molar-refractivity contribution in [2.45, 2.75) is 89.6 Å². The Balaban J connectivity index is 1.06. The van der Waals surface area contributed by atoms with Crippen LogP contribution in [-0.4, -0.2) is 77.3 Å². The van der Waals surface area contributed by atoms with Gasteiger partial charge in [-0.2, -0.15) is 0 Å². The van der Waals surface area contributed by atoms with Crippen molar-refractivity contribution in [2.24, 2.45) is 17.3 Å². The Labute approximate surface area is 188 Å². The van der Waals surface area contributed by atoms with Gasteiger partial charge < -0.3 is 28.4 Å². The average molecular weight is 441 g/mol. The first kappa shape index (κ1) is 23.9. The molecule has 180 valence electrons. The van der Waals surface area contributed by atoms with E-state index in [0.29, 0.717) is 43.0 Å². The van der Waals surface area contributed by atoms with Gasteiger partial charge in [0, 0.05) is 0 Å². The first-order valence-electron chi connectivity index (χ1n) is 12.7. The maximum atomic E-state index is 6.08. The fourth-order valence-electron chi connectivity index (χ4n) is 5.59. The Morgan fingerprint density at radius 1 is 0.613 bits per heavy atom. The zero-order valence-electron chi connectivity index (χ0n) is 19.7. The van der Waals surface area contributed by atoms with Gasteiger partial charge >= 0.3 is 0 Å². The Hall–Kier alpha value is -0.240. The maximum absolute atomic E-state index is 6.08. The third kappa shape index (κ3) is 7.94. The second kappa shape index (κ2) is 11.8. The van der Waals surface area contributed by atoms with Crippen molar-refractivity contribution in [3.8, 4) is 0 Å². The Morgan fingerprint density at radius 3 is 1.35 bits per heavy atom. The molecule has 4 aliphatic rings. The minimum Gasteiger partial charge on any atom is -0.376 e. The number of ether oxygens (including phenoxy) is 6. The molecule has 6 heteroatoms. The van der Waals surface area contributed by atoms with Crippen molar-refractivity contribution in [1.82, 2.24) is 0 Å². The third-order valence-corrected chi connectivity index (χ3v) is 8.03.